The summed E-state index contributed by atoms with van der Waals surface area (Å²) in [5.74, 6) is 1.03. The number of nitrogen functional groups attached to an aromatic ring is 1. The number of halogens is 1. The molecular formula is C15H26ClN3S. The van der Waals surface area contributed by atoms with Gasteiger partial charge in [0, 0.05) is 23.7 Å². The van der Waals surface area contributed by atoms with Gasteiger partial charge in [0.15, 0.2) is 5.13 Å². The molecule has 0 bridgehead atoms. The van der Waals surface area contributed by atoms with E-state index in [-0.39, 0.29) is 12.4 Å². The number of likely N-dealkylation sites (tertiary alicyclic amines) is 1. The van der Waals surface area contributed by atoms with Crippen molar-refractivity contribution >= 4 is 28.9 Å². The molecule has 2 N–H and O–H groups in total. The molecule has 1 saturated carbocycles. The van der Waals surface area contributed by atoms with Gasteiger partial charge in [-0.2, -0.15) is 0 Å². The van der Waals surface area contributed by atoms with Crippen molar-refractivity contribution in [2.75, 3.05) is 12.3 Å². The number of nitrogens with zero attached hydrogens (tertiary/aromatic N) is 2. The van der Waals surface area contributed by atoms with Crippen molar-refractivity contribution in [1.29, 1.82) is 0 Å². The Morgan fingerprint density at radius 2 is 2.00 bits per heavy atom. The van der Waals surface area contributed by atoms with Gasteiger partial charge in [-0.1, -0.05) is 25.7 Å². The summed E-state index contributed by atoms with van der Waals surface area (Å²) in [5, 5.41) is 0.705. The van der Waals surface area contributed by atoms with Gasteiger partial charge in [0.05, 0.1) is 0 Å². The van der Waals surface area contributed by atoms with Crippen LogP contribution in [0.3, 0.4) is 0 Å². The van der Waals surface area contributed by atoms with Gasteiger partial charge >= 0.3 is 0 Å². The average molecular weight is 316 g/mol. The minimum atomic E-state index is 0. The first-order valence-corrected chi connectivity index (χ1v) is 8.57. The lowest BCUT2D eigenvalue weighted by atomic mass is 9.97. The molecule has 3 rings (SSSR count). The maximum Gasteiger partial charge on any atom is 0.180 e. The minimum Gasteiger partial charge on any atom is -0.375 e. The Balaban J connectivity index is 0.00000147. The van der Waals surface area contributed by atoms with Crippen LogP contribution >= 0.6 is 23.7 Å². The molecule has 1 aromatic heterocycles. The number of thiazole rings is 1. The van der Waals surface area contributed by atoms with Crippen molar-refractivity contribution in [2.45, 2.75) is 64.0 Å². The topological polar surface area (TPSA) is 42.1 Å². The molecule has 0 radical (unpaired) electrons. The summed E-state index contributed by atoms with van der Waals surface area (Å²) in [4.78, 5) is 8.14. The van der Waals surface area contributed by atoms with Crippen LogP contribution in [-0.2, 0) is 6.54 Å². The first-order chi connectivity index (χ1) is 9.31. The van der Waals surface area contributed by atoms with Gasteiger partial charge in [-0.25, -0.2) is 4.98 Å². The lowest BCUT2D eigenvalue weighted by molar-refractivity contribution is 0.224. The van der Waals surface area contributed by atoms with E-state index in [1.165, 1.54) is 62.8 Å². The van der Waals surface area contributed by atoms with Gasteiger partial charge in [-0.3, -0.25) is 4.90 Å². The van der Waals surface area contributed by atoms with Gasteiger partial charge in [-0.15, -0.1) is 23.7 Å². The Morgan fingerprint density at radius 3 is 2.70 bits per heavy atom. The Kier molecular flexibility index (Phi) is 6.12. The van der Waals surface area contributed by atoms with Crippen LogP contribution in [-0.4, -0.2) is 22.5 Å². The molecule has 3 nitrogen and oxygen atoms in total. The molecule has 1 aromatic rings. The van der Waals surface area contributed by atoms with Crippen LogP contribution in [0.2, 0.25) is 0 Å². The molecule has 1 aliphatic heterocycles. The fourth-order valence-electron chi connectivity index (χ4n) is 3.75. The lowest BCUT2D eigenvalue weighted by Crippen LogP contribution is -2.28. The van der Waals surface area contributed by atoms with Crippen molar-refractivity contribution in [1.82, 2.24) is 9.88 Å². The molecule has 2 aliphatic rings. The molecule has 1 aliphatic carbocycles. The normalized spacial score (nSPS) is 24.1. The zero-order chi connectivity index (χ0) is 13.1. The van der Waals surface area contributed by atoms with E-state index in [9.17, 15) is 0 Å². The van der Waals surface area contributed by atoms with Crippen molar-refractivity contribution in [3.63, 3.8) is 0 Å². The standard InChI is InChI=1S/C15H25N3S.ClH/c16-15-17-10-14(19-15)11-18-9-3-6-13(18)8-7-12-4-1-2-5-12;/h10,12-13H,1-9,11H2,(H2,16,17);1H. The summed E-state index contributed by atoms with van der Waals surface area (Å²) < 4.78 is 0. The molecule has 1 unspecified atom stereocenters. The first kappa shape index (κ1) is 16.1. The maximum absolute atomic E-state index is 5.72. The van der Waals surface area contributed by atoms with Gasteiger partial charge in [0.25, 0.3) is 0 Å². The molecular weight excluding hydrogens is 290 g/mol. The summed E-state index contributed by atoms with van der Waals surface area (Å²) >= 11 is 1.65. The summed E-state index contributed by atoms with van der Waals surface area (Å²) in [5.41, 5.74) is 5.72. The predicted octanol–water partition coefficient (Wildman–Crippen LogP) is 4.08. The van der Waals surface area contributed by atoms with Crippen LogP contribution < -0.4 is 5.73 Å². The smallest absolute Gasteiger partial charge is 0.180 e. The van der Waals surface area contributed by atoms with E-state index in [0.29, 0.717) is 5.13 Å². The van der Waals surface area contributed by atoms with Crippen molar-refractivity contribution in [2.24, 2.45) is 5.92 Å². The number of aromatic nitrogens is 1. The second kappa shape index (κ2) is 7.62. The van der Waals surface area contributed by atoms with E-state index < -0.39 is 0 Å². The summed E-state index contributed by atoms with van der Waals surface area (Å²) in [6, 6.07) is 0.809. The van der Waals surface area contributed by atoms with E-state index >= 15 is 0 Å². The SMILES string of the molecule is Cl.Nc1ncc(CN2CCCC2CCC2CCCC2)s1. The molecule has 2 heterocycles. The van der Waals surface area contributed by atoms with Crippen LogP contribution in [0.1, 0.15) is 56.2 Å². The molecule has 0 aromatic carbocycles. The van der Waals surface area contributed by atoms with E-state index in [2.05, 4.69) is 9.88 Å². The highest BCUT2D eigenvalue weighted by Crippen LogP contribution is 2.32. The molecule has 114 valence electrons. The Labute approximate surface area is 132 Å². The molecule has 2 fully saturated rings. The quantitative estimate of drug-likeness (QED) is 0.890. The highest BCUT2D eigenvalue weighted by Gasteiger charge is 2.26. The van der Waals surface area contributed by atoms with Gasteiger partial charge in [0.1, 0.15) is 0 Å². The van der Waals surface area contributed by atoms with Crippen molar-refractivity contribution in [3.8, 4) is 0 Å². The molecule has 0 amide bonds. The number of nitrogens with two attached hydrogens (primary N) is 1. The molecule has 0 spiro atoms. The predicted molar refractivity (Wildman–Crippen MR) is 88.4 cm³/mol. The lowest BCUT2D eigenvalue weighted by Gasteiger charge is -2.24. The minimum absolute atomic E-state index is 0. The van der Waals surface area contributed by atoms with E-state index in [0.717, 1.165) is 18.5 Å². The first-order valence-electron chi connectivity index (χ1n) is 7.75. The third kappa shape index (κ3) is 4.09. The van der Waals surface area contributed by atoms with Crippen molar-refractivity contribution in [3.05, 3.63) is 11.1 Å². The van der Waals surface area contributed by atoms with Gasteiger partial charge < -0.3 is 5.73 Å². The Bertz CT molecular complexity index is 404. The Hall–Kier alpha value is -0.320. The van der Waals surface area contributed by atoms with Crippen molar-refractivity contribution < 1.29 is 0 Å². The molecule has 1 atom stereocenters. The fraction of sp³-hybridized carbons (Fsp3) is 0.800. The second-order valence-corrected chi connectivity index (χ2v) is 7.31. The fourth-order valence-corrected chi connectivity index (χ4v) is 4.46. The van der Waals surface area contributed by atoms with E-state index in [1.54, 1.807) is 11.3 Å². The van der Waals surface area contributed by atoms with Gasteiger partial charge in [0.2, 0.25) is 0 Å². The monoisotopic (exact) mass is 315 g/mol. The van der Waals surface area contributed by atoms with Crippen LogP contribution in [0.15, 0.2) is 6.20 Å². The number of hydrogen-bond donors (Lipinski definition) is 1. The van der Waals surface area contributed by atoms with Crippen LogP contribution in [0.25, 0.3) is 0 Å². The zero-order valence-corrected chi connectivity index (χ0v) is 13.7. The largest absolute Gasteiger partial charge is 0.375 e. The highest BCUT2D eigenvalue weighted by atomic mass is 35.5. The number of rotatable bonds is 5. The second-order valence-electron chi connectivity index (χ2n) is 6.16. The van der Waals surface area contributed by atoms with E-state index in [1.807, 2.05) is 6.20 Å². The third-order valence-corrected chi connectivity index (χ3v) is 5.62. The Morgan fingerprint density at radius 1 is 1.20 bits per heavy atom. The molecule has 5 heteroatoms. The summed E-state index contributed by atoms with van der Waals surface area (Å²) in [6.45, 7) is 2.32. The highest BCUT2D eigenvalue weighted by molar-refractivity contribution is 7.15. The van der Waals surface area contributed by atoms with E-state index in [4.69, 9.17) is 5.73 Å². The number of hydrogen-bond acceptors (Lipinski definition) is 4. The third-order valence-electron chi connectivity index (χ3n) is 4.81. The summed E-state index contributed by atoms with van der Waals surface area (Å²) in [7, 11) is 0. The van der Waals surface area contributed by atoms with Gasteiger partial charge in [-0.05, 0) is 38.1 Å². The number of anilines is 1. The van der Waals surface area contributed by atoms with Crippen LogP contribution in [0, 0.1) is 5.92 Å². The molecule has 1 saturated heterocycles. The molecule has 20 heavy (non-hydrogen) atoms. The summed E-state index contributed by atoms with van der Waals surface area (Å²) in [6.07, 6.45) is 13.5. The zero-order valence-electron chi connectivity index (χ0n) is 12.1. The maximum atomic E-state index is 5.72. The van der Waals surface area contributed by atoms with Crippen LogP contribution in [0.5, 0.6) is 0 Å². The van der Waals surface area contributed by atoms with Crippen LogP contribution in [0.4, 0.5) is 5.13 Å². The average Bonchev–Trinajstić information content (AvgIpc) is 3.10.